The Kier molecular flexibility index (Phi) is 3.19. The Bertz CT molecular complexity index is 164. The molecule has 1 aliphatic carbocycles. The first-order valence-corrected chi connectivity index (χ1v) is 4.53. The van der Waals surface area contributed by atoms with Crippen molar-refractivity contribution < 1.29 is 5.21 Å². The van der Waals surface area contributed by atoms with Crippen molar-refractivity contribution in [2.45, 2.75) is 38.6 Å². The fourth-order valence-corrected chi connectivity index (χ4v) is 1.88. The van der Waals surface area contributed by atoms with E-state index in [-0.39, 0.29) is 5.96 Å². The van der Waals surface area contributed by atoms with E-state index in [9.17, 15) is 0 Å². The van der Waals surface area contributed by atoms with Crippen molar-refractivity contribution in [2.24, 2.45) is 10.9 Å². The predicted molar refractivity (Wildman–Crippen MR) is 48.0 cm³/mol. The topological polar surface area (TPSA) is 61.8 Å². The molecule has 0 heterocycles. The van der Waals surface area contributed by atoms with Gasteiger partial charge in [-0.1, -0.05) is 18.0 Å². The second-order valence-electron chi connectivity index (χ2n) is 3.18. The molecule has 1 fully saturated rings. The molecule has 1 saturated carbocycles. The Morgan fingerprint density at radius 2 is 2.17 bits per heavy atom. The monoisotopic (exact) mass is 171 g/mol. The number of nitrogens with two attached hydrogens (primary N) is 1. The molecule has 12 heavy (non-hydrogen) atoms. The van der Waals surface area contributed by atoms with Gasteiger partial charge in [0.1, 0.15) is 0 Å². The maximum absolute atomic E-state index is 8.52. The van der Waals surface area contributed by atoms with E-state index >= 15 is 0 Å². The average Bonchev–Trinajstić information content (AvgIpc) is 2.58. The van der Waals surface area contributed by atoms with Crippen molar-refractivity contribution in [1.29, 1.82) is 0 Å². The molecule has 0 unspecified atom stereocenters. The third-order valence-corrected chi connectivity index (χ3v) is 2.50. The molecular formula is C8H17N3O. The lowest BCUT2D eigenvalue weighted by molar-refractivity contribution is 0.275. The van der Waals surface area contributed by atoms with E-state index < -0.39 is 0 Å². The number of hydrogen-bond acceptors (Lipinski definition) is 2. The minimum atomic E-state index is 0.254. The van der Waals surface area contributed by atoms with Crippen molar-refractivity contribution in [1.82, 2.24) is 4.90 Å². The molecule has 0 atom stereocenters. The molecule has 0 amide bonds. The summed E-state index contributed by atoms with van der Waals surface area (Å²) in [6, 6.07) is 0.492. The van der Waals surface area contributed by atoms with Crippen LogP contribution in [0.3, 0.4) is 0 Å². The number of hydrogen-bond donors (Lipinski definition) is 2. The van der Waals surface area contributed by atoms with Gasteiger partial charge in [0.15, 0.2) is 0 Å². The van der Waals surface area contributed by atoms with Crippen LogP contribution in [0.5, 0.6) is 0 Å². The quantitative estimate of drug-likeness (QED) is 0.281. The zero-order valence-corrected chi connectivity index (χ0v) is 7.53. The molecule has 0 saturated heterocycles. The highest BCUT2D eigenvalue weighted by atomic mass is 16.4. The first-order chi connectivity index (χ1) is 5.79. The van der Waals surface area contributed by atoms with Gasteiger partial charge >= 0.3 is 0 Å². The standard InChI is InChI=1S/C8H17N3O/c1-2-11(8(9)10-12)7-5-3-4-6-7/h7,12H,2-6H2,1H3,(H2,9,10). The van der Waals surface area contributed by atoms with Crippen molar-refractivity contribution in [2.75, 3.05) is 6.54 Å². The second-order valence-corrected chi connectivity index (χ2v) is 3.18. The Labute approximate surface area is 73.0 Å². The third-order valence-electron chi connectivity index (χ3n) is 2.50. The van der Waals surface area contributed by atoms with Crippen LogP contribution in [0.15, 0.2) is 5.16 Å². The summed E-state index contributed by atoms with van der Waals surface area (Å²) in [5, 5.41) is 11.5. The highest BCUT2D eigenvalue weighted by molar-refractivity contribution is 5.77. The minimum Gasteiger partial charge on any atom is -0.408 e. The molecule has 3 N–H and O–H groups in total. The van der Waals surface area contributed by atoms with Gasteiger partial charge < -0.3 is 15.8 Å². The minimum absolute atomic E-state index is 0.254. The maximum Gasteiger partial charge on any atom is 0.233 e. The SMILES string of the molecule is CCN(C(N)=NO)C1CCCC1. The van der Waals surface area contributed by atoms with Crippen LogP contribution in [0.1, 0.15) is 32.6 Å². The van der Waals surface area contributed by atoms with Crippen LogP contribution < -0.4 is 5.73 Å². The van der Waals surface area contributed by atoms with Crippen LogP contribution in [-0.4, -0.2) is 28.7 Å². The molecule has 4 nitrogen and oxygen atoms in total. The van der Waals surface area contributed by atoms with Crippen molar-refractivity contribution in [3.63, 3.8) is 0 Å². The van der Waals surface area contributed by atoms with E-state index in [0.717, 1.165) is 6.54 Å². The largest absolute Gasteiger partial charge is 0.408 e. The summed E-state index contributed by atoms with van der Waals surface area (Å²) in [7, 11) is 0. The highest BCUT2D eigenvalue weighted by Gasteiger charge is 2.22. The van der Waals surface area contributed by atoms with Gasteiger partial charge in [0.05, 0.1) is 0 Å². The van der Waals surface area contributed by atoms with Crippen molar-refractivity contribution in [3.05, 3.63) is 0 Å². The predicted octanol–water partition coefficient (Wildman–Crippen LogP) is 0.955. The summed E-state index contributed by atoms with van der Waals surface area (Å²) in [6.45, 7) is 2.84. The lowest BCUT2D eigenvalue weighted by atomic mass is 10.2. The molecule has 0 radical (unpaired) electrons. The van der Waals surface area contributed by atoms with Gasteiger partial charge in [-0.2, -0.15) is 0 Å². The fourth-order valence-electron chi connectivity index (χ4n) is 1.88. The lowest BCUT2D eigenvalue weighted by Gasteiger charge is -2.27. The molecule has 0 aromatic heterocycles. The van der Waals surface area contributed by atoms with Gasteiger partial charge in [-0.05, 0) is 19.8 Å². The van der Waals surface area contributed by atoms with Crippen LogP contribution in [0.2, 0.25) is 0 Å². The van der Waals surface area contributed by atoms with E-state index in [1.165, 1.54) is 25.7 Å². The molecule has 1 rings (SSSR count). The van der Waals surface area contributed by atoms with Gasteiger partial charge in [-0.15, -0.1) is 0 Å². The summed E-state index contributed by atoms with van der Waals surface area (Å²) in [5.74, 6) is 0.254. The molecular weight excluding hydrogens is 154 g/mol. The molecule has 0 aromatic carbocycles. The van der Waals surface area contributed by atoms with Gasteiger partial charge in [-0.25, -0.2) is 0 Å². The van der Waals surface area contributed by atoms with E-state index in [1.54, 1.807) is 0 Å². The Hall–Kier alpha value is -0.930. The van der Waals surface area contributed by atoms with E-state index in [4.69, 9.17) is 10.9 Å². The van der Waals surface area contributed by atoms with Crippen LogP contribution in [0.4, 0.5) is 0 Å². The van der Waals surface area contributed by atoms with E-state index in [2.05, 4.69) is 5.16 Å². The van der Waals surface area contributed by atoms with Gasteiger partial charge in [0, 0.05) is 12.6 Å². The zero-order chi connectivity index (χ0) is 8.97. The first-order valence-electron chi connectivity index (χ1n) is 4.53. The molecule has 0 bridgehead atoms. The zero-order valence-electron chi connectivity index (χ0n) is 7.53. The first kappa shape index (κ1) is 9.16. The second kappa shape index (κ2) is 4.18. The van der Waals surface area contributed by atoms with Crippen molar-refractivity contribution in [3.8, 4) is 0 Å². The molecule has 1 aliphatic rings. The normalized spacial score (nSPS) is 19.9. The van der Waals surface area contributed by atoms with Gasteiger partial charge in [-0.3, -0.25) is 0 Å². The van der Waals surface area contributed by atoms with Gasteiger partial charge in [0.25, 0.3) is 0 Å². The molecule has 70 valence electrons. The fraction of sp³-hybridized carbons (Fsp3) is 0.875. The molecule has 0 aromatic rings. The Morgan fingerprint density at radius 1 is 1.58 bits per heavy atom. The van der Waals surface area contributed by atoms with Crippen LogP contribution in [0, 0.1) is 0 Å². The number of guanidine groups is 1. The molecule has 0 aliphatic heterocycles. The third kappa shape index (κ3) is 1.81. The highest BCUT2D eigenvalue weighted by Crippen LogP contribution is 2.22. The van der Waals surface area contributed by atoms with Crippen LogP contribution in [0.25, 0.3) is 0 Å². The van der Waals surface area contributed by atoms with E-state index in [0.29, 0.717) is 6.04 Å². The molecule has 4 heteroatoms. The van der Waals surface area contributed by atoms with E-state index in [1.807, 2.05) is 11.8 Å². The van der Waals surface area contributed by atoms with Crippen LogP contribution in [-0.2, 0) is 0 Å². The number of nitrogens with zero attached hydrogens (tertiary/aromatic N) is 2. The Morgan fingerprint density at radius 3 is 2.58 bits per heavy atom. The van der Waals surface area contributed by atoms with Crippen LogP contribution >= 0.6 is 0 Å². The number of rotatable bonds is 2. The summed E-state index contributed by atoms with van der Waals surface area (Å²) in [6.07, 6.45) is 4.87. The smallest absolute Gasteiger partial charge is 0.233 e. The average molecular weight is 171 g/mol. The lowest BCUT2D eigenvalue weighted by Crippen LogP contribution is -2.43. The summed E-state index contributed by atoms with van der Waals surface area (Å²) >= 11 is 0. The number of oxime groups is 1. The summed E-state index contributed by atoms with van der Waals surface area (Å²) < 4.78 is 0. The Balaban J connectivity index is 2.54. The maximum atomic E-state index is 8.52. The van der Waals surface area contributed by atoms with Crippen molar-refractivity contribution >= 4 is 5.96 Å². The summed E-state index contributed by atoms with van der Waals surface area (Å²) in [5.41, 5.74) is 5.53. The van der Waals surface area contributed by atoms with Gasteiger partial charge in [0.2, 0.25) is 5.96 Å². The molecule has 0 spiro atoms. The summed E-state index contributed by atoms with van der Waals surface area (Å²) in [4.78, 5) is 1.97.